The largest absolute Gasteiger partial charge is 0.490 e. The maximum Gasteiger partial charge on any atom is 0.317 e. The summed E-state index contributed by atoms with van der Waals surface area (Å²) in [7, 11) is 0. The van der Waals surface area contributed by atoms with E-state index >= 15 is 0 Å². The van der Waals surface area contributed by atoms with Gasteiger partial charge in [-0.3, -0.25) is 0 Å². The van der Waals surface area contributed by atoms with E-state index in [1.807, 2.05) is 44.3 Å². The molecule has 1 saturated heterocycles. The molecular formula is C28H30N4O3S. The smallest absolute Gasteiger partial charge is 0.317 e. The fourth-order valence-corrected chi connectivity index (χ4v) is 6.02. The number of hydrogen-bond acceptors (Lipinski definition) is 6. The first-order valence-corrected chi connectivity index (χ1v) is 13.3. The zero-order valence-corrected chi connectivity index (χ0v) is 21.3. The minimum atomic E-state index is -0.435. The third kappa shape index (κ3) is 4.95. The van der Waals surface area contributed by atoms with Crippen LogP contribution in [0.5, 0.6) is 5.75 Å². The summed E-state index contributed by atoms with van der Waals surface area (Å²) in [5.41, 5.74) is 4.92. The molecule has 186 valence electrons. The Morgan fingerprint density at radius 2 is 2.17 bits per heavy atom. The quantitative estimate of drug-likeness (QED) is 0.494. The molecule has 8 heteroatoms. The average Bonchev–Trinajstić information content (AvgIpc) is 3.52. The molecule has 1 aliphatic heterocycles. The molecule has 2 aliphatic rings. The lowest BCUT2D eigenvalue weighted by atomic mass is 10.0. The topological polar surface area (TPSA) is 98.5 Å². The lowest BCUT2D eigenvalue weighted by molar-refractivity contribution is 0.0833. The number of β-amino-alcohol motifs (C(OH)–C–C–N with tert-alkyl or cyclic N) is 1. The van der Waals surface area contributed by atoms with Crippen molar-refractivity contribution in [3.63, 3.8) is 0 Å². The van der Waals surface area contributed by atoms with Gasteiger partial charge < -0.3 is 20.1 Å². The number of hydrogen-bond donors (Lipinski definition) is 2. The number of likely N-dealkylation sites (tertiary alicyclic amines) is 1. The number of ether oxygens (including phenoxy) is 1. The molecule has 1 fully saturated rings. The highest BCUT2D eigenvalue weighted by atomic mass is 32.1. The Balaban J connectivity index is 1.36. The number of thiazole rings is 1. The zero-order valence-electron chi connectivity index (χ0n) is 20.5. The monoisotopic (exact) mass is 502 g/mol. The van der Waals surface area contributed by atoms with Gasteiger partial charge in [-0.05, 0) is 74.4 Å². The highest BCUT2D eigenvalue weighted by Crippen LogP contribution is 2.41. The van der Waals surface area contributed by atoms with Gasteiger partial charge in [-0.15, -0.1) is 11.3 Å². The molecule has 1 aliphatic carbocycles. The van der Waals surface area contributed by atoms with E-state index in [1.165, 1.54) is 5.56 Å². The van der Waals surface area contributed by atoms with Gasteiger partial charge in [0.2, 0.25) is 0 Å². The number of rotatable bonds is 5. The molecule has 0 radical (unpaired) electrons. The van der Waals surface area contributed by atoms with Crippen molar-refractivity contribution in [3.05, 3.63) is 59.3 Å². The van der Waals surface area contributed by atoms with E-state index < -0.39 is 6.10 Å². The summed E-state index contributed by atoms with van der Waals surface area (Å²) in [6, 6.07) is 13.9. The predicted octanol–water partition coefficient (Wildman–Crippen LogP) is 5.29. The summed E-state index contributed by atoms with van der Waals surface area (Å²) in [6.45, 7) is 4.96. The summed E-state index contributed by atoms with van der Waals surface area (Å²) < 4.78 is 5.75. The van der Waals surface area contributed by atoms with Crippen molar-refractivity contribution in [2.75, 3.05) is 13.1 Å². The summed E-state index contributed by atoms with van der Waals surface area (Å²) >= 11 is 1.60. The van der Waals surface area contributed by atoms with Gasteiger partial charge in [0, 0.05) is 24.8 Å². The van der Waals surface area contributed by atoms with E-state index in [0.29, 0.717) is 24.4 Å². The average molecular weight is 503 g/mol. The molecule has 36 heavy (non-hydrogen) atoms. The maximum absolute atomic E-state index is 12.8. The molecule has 0 unspecified atom stereocenters. The first-order valence-electron chi connectivity index (χ1n) is 12.5. The van der Waals surface area contributed by atoms with Crippen LogP contribution in [-0.4, -0.2) is 46.3 Å². The van der Waals surface area contributed by atoms with Crippen LogP contribution in [0.4, 0.5) is 4.79 Å². The van der Waals surface area contributed by atoms with E-state index in [0.717, 1.165) is 52.3 Å². The van der Waals surface area contributed by atoms with Gasteiger partial charge in [-0.25, -0.2) is 9.78 Å². The lowest BCUT2D eigenvalue weighted by Gasteiger charge is -2.31. The molecule has 3 aromatic rings. The molecule has 7 nitrogen and oxygen atoms in total. The SMILES string of the molecule is CC(C)Oc1ccc(-c2ncc(-c3cccc4c3CC[C@H]4NC(=O)N3CCC[C@@H](O)C3)s2)cc1C#N. The molecule has 2 aromatic carbocycles. The van der Waals surface area contributed by atoms with Crippen molar-refractivity contribution in [1.82, 2.24) is 15.2 Å². The van der Waals surface area contributed by atoms with Crippen LogP contribution in [0.25, 0.3) is 21.0 Å². The molecule has 0 saturated carbocycles. The molecule has 0 spiro atoms. The number of carbonyl (C=O) groups is 1. The lowest BCUT2D eigenvalue weighted by Crippen LogP contribution is -2.47. The van der Waals surface area contributed by atoms with Crippen LogP contribution in [-0.2, 0) is 6.42 Å². The third-order valence-corrected chi connectivity index (χ3v) is 7.81. The van der Waals surface area contributed by atoms with E-state index in [-0.39, 0.29) is 18.2 Å². The summed E-state index contributed by atoms with van der Waals surface area (Å²) in [6.07, 6.45) is 4.77. The number of nitrogens with zero attached hydrogens (tertiary/aromatic N) is 3. The Morgan fingerprint density at radius 3 is 2.94 bits per heavy atom. The van der Waals surface area contributed by atoms with Crippen LogP contribution < -0.4 is 10.1 Å². The molecule has 1 aromatic heterocycles. The molecule has 0 bridgehead atoms. The number of piperidine rings is 1. The second kappa shape index (κ2) is 10.3. The molecule has 2 N–H and O–H groups in total. The van der Waals surface area contributed by atoms with Gasteiger partial charge in [0.05, 0.1) is 28.7 Å². The van der Waals surface area contributed by atoms with Gasteiger partial charge in [0.15, 0.2) is 0 Å². The standard InChI is InChI=1S/C28H30N4O3S/c1-17(2)35-25-11-8-18(13-19(25)14-29)27-30-15-26(36-27)23-7-3-6-22-21(23)9-10-24(22)31-28(34)32-12-4-5-20(33)16-32/h3,6-8,11,13,15,17,20,24,33H,4-5,9-10,12,16H2,1-2H3,(H,31,34)/t20-,24-/m1/s1. The highest BCUT2D eigenvalue weighted by molar-refractivity contribution is 7.18. The van der Waals surface area contributed by atoms with Gasteiger partial charge >= 0.3 is 6.03 Å². The van der Waals surface area contributed by atoms with Gasteiger partial charge in [-0.2, -0.15) is 5.26 Å². The first kappa shape index (κ1) is 24.3. The van der Waals surface area contributed by atoms with E-state index in [4.69, 9.17) is 4.74 Å². The summed E-state index contributed by atoms with van der Waals surface area (Å²) in [5.74, 6) is 0.584. The minimum Gasteiger partial charge on any atom is -0.490 e. The van der Waals surface area contributed by atoms with Crippen molar-refractivity contribution in [1.29, 1.82) is 5.26 Å². The third-order valence-electron chi connectivity index (χ3n) is 6.73. The van der Waals surface area contributed by atoms with Crippen LogP contribution >= 0.6 is 11.3 Å². The zero-order chi connectivity index (χ0) is 25.2. The Hall–Kier alpha value is -3.41. The number of aliphatic hydroxyl groups excluding tert-OH is 1. The van der Waals surface area contributed by atoms with Crippen LogP contribution in [0, 0.1) is 11.3 Å². The number of aliphatic hydroxyl groups is 1. The van der Waals surface area contributed by atoms with Gasteiger partial charge in [0.25, 0.3) is 0 Å². The number of amides is 2. The summed E-state index contributed by atoms with van der Waals surface area (Å²) in [4.78, 5) is 20.3. The predicted molar refractivity (Wildman–Crippen MR) is 140 cm³/mol. The maximum atomic E-state index is 12.8. The van der Waals surface area contributed by atoms with E-state index in [1.54, 1.807) is 16.2 Å². The van der Waals surface area contributed by atoms with Gasteiger partial charge in [-0.1, -0.05) is 18.2 Å². The normalized spacial score (nSPS) is 19.1. The van der Waals surface area contributed by atoms with Crippen LogP contribution in [0.1, 0.15) is 55.8 Å². The van der Waals surface area contributed by atoms with Crippen molar-refractivity contribution in [2.45, 2.75) is 57.8 Å². The Bertz CT molecular complexity index is 1310. The van der Waals surface area contributed by atoms with Crippen molar-refractivity contribution < 1.29 is 14.6 Å². The van der Waals surface area contributed by atoms with Crippen molar-refractivity contribution in [2.24, 2.45) is 0 Å². The Morgan fingerprint density at radius 1 is 1.31 bits per heavy atom. The second-order valence-electron chi connectivity index (χ2n) is 9.68. The number of nitrogens with one attached hydrogen (secondary N) is 1. The molecule has 2 amide bonds. The number of nitriles is 1. The minimum absolute atomic E-state index is 0.00496. The van der Waals surface area contributed by atoms with Gasteiger partial charge in [0.1, 0.15) is 16.8 Å². The fourth-order valence-electron chi connectivity index (χ4n) is 5.05. The number of benzene rings is 2. The molecule has 2 heterocycles. The van der Waals surface area contributed by atoms with E-state index in [2.05, 4.69) is 28.5 Å². The molecule has 5 rings (SSSR count). The number of carbonyl (C=O) groups excluding carboxylic acids is 1. The molecular weight excluding hydrogens is 472 g/mol. The number of fused-ring (bicyclic) bond motifs is 1. The first-order chi connectivity index (χ1) is 17.4. The Labute approximate surface area is 215 Å². The van der Waals surface area contributed by atoms with Crippen LogP contribution in [0.15, 0.2) is 42.6 Å². The van der Waals surface area contributed by atoms with Crippen LogP contribution in [0.3, 0.4) is 0 Å². The van der Waals surface area contributed by atoms with Crippen molar-refractivity contribution >= 4 is 17.4 Å². The molecule has 2 atom stereocenters. The van der Waals surface area contributed by atoms with E-state index in [9.17, 15) is 15.2 Å². The number of urea groups is 1. The highest BCUT2D eigenvalue weighted by Gasteiger charge is 2.29. The fraction of sp³-hybridized carbons (Fsp3) is 0.393. The summed E-state index contributed by atoms with van der Waals surface area (Å²) in [5, 5.41) is 23.5. The van der Waals surface area contributed by atoms with Crippen LogP contribution in [0.2, 0.25) is 0 Å². The van der Waals surface area contributed by atoms with Crippen molar-refractivity contribution in [3.8, 4) is 32.8 Å². The Kier molecular flexibility index (Phi) is 6.95. The number of aromatic nitrogens is 1. The second-order valence-corrected chi connectivity index (χ2v) is 10.7.